The van der Waals surface area contributed by atoms with Crippen molar-refractivity contribution in [2.75, 3.05) is 0 Å². The van der Waals surface area contributed by atoms with E-state index in [0.717, 1.165) is 0 Å². The molecule has 2 unspecified atom stereocenters. The zero-order valence-corrected chi connectivity index (χ0v) is 8.87. The highest BCUT2D eigenvalue weighted by Gasteiger charge is 2.36. The van der Waals surface area contributed by atoms with Crippen molar-refractivity contribution in [3.63, 3.8) is 0 Å². The number of rotatable bonds is 2. The summed E-state index contributed by atoms with van der Waals surface area (Å²) in [4.78, 5) is 11.9. The molecule has 1 nitrogen and oxygen atoms in total. The van der Waals surface area contributed by atoms with Gasteiger partial charge in [0.1, 0.15) is 5.78 Å². The van der Waals surface area contributed by atoms with Crippen molar-refractivity contribution in [2.24, 2.45) is 17.3 Å². The molecule has 72 valence electrons. The van der Waals surface area contributed by atoms with Crippen LogP contribution in [-0.4, -0.2) is 5.78 Å². The van der Waals surface area contributed by atoms with Gasteiger partial charge in [0.15, 0.2) is 0 Å². The predicted molar refractivity (Wildman–Crippen MR) is 55.4 cm³/mol. The Kier molecular flexibility index (Phi) is 2.74. The van der Waals surface area contributed by atoms with Gasteiger partial charge < -0.3 is 0 Å². The summed E-state index contributed by atoms with van der Waals surface area (Å²) in [6, 6.07) is 0. The molecule has 0 saturated carbocycles. The number of ketones is 1. The molecule has 0 N–H and O–H groups in total. The molecular weight excluding hydrogens is 160 g/mol. The Morgan fingerprint density at radius 3 is 2.46 bits per heavy atom. The third-order valence-corrected chi connectivity index (χ3v) is 2.95. The first kappa shape index (κ1) is 10.2. The Hall–Kier alpha value is -0.850. The maximum Gasteiger partial charge on any atom is 0.145 e. The maximum absolute atomic E-state index is 11.9. The summed E-state index contributed by atoms with van der Waals surface area (Å²) in [5.41, 5.74) is -0.289. The van der Waals surface area contributed by atoms with Gasteiger partial charge in [0, 0.05) is 5.92 Å². The summed E-state index contributed by atoms with van der Waals surface area (Å²) in [7, 11) is 0. The van der Waals surface area contributed by atoms with E-state index in [1.165, 1.54) is 0 Å². The van der Waals surface area contributed by atoms with Crippen LogP contribution in [0.4, 0.5) is 0 Å². The minimum absolute atomic E-state index is 0.114. The fraction of sp³-hybridized carbons (Fsp3) is 0.583. The first-order valence-corrected chi connectivity index (χ1v) is 4.89. The number of allylic oxidation sites excluding steroid dienone is 4. The molecule has 0 aromatic carbocycles. The van der Waals surface area contributed by atoms with E-state index >= 15 is 0 Å². The molecule has 0 fully saturated rings. The number of hydrogen-bond donors (Lipinski definition) is 0. The van der Waals surface area contributed by atoms with Gasteiger partial charge in [-0.2, -0.15) is 0 Å². The molecule has 0 amide bonds. The van der Waals surface area contributed by atoms with E-state index in [0.29, 0.717) is 11.7 Å². The van der Waals surface area contributed by atoms with Gasteiger partial charge in [-0.05, 0) is 12.8 Å². The van der Waals surface area contributed by atoms with Gasteiger partial charge in [0.25, 0.3) is 0 Å². The zero-order chi connectivity index (χ0) is 10.1. The van der Waals surface area contributed by atoms with E-state index in [-0.39, 0.29) is 11.3 Å². The molecule has 0 spiro atoms. The molecule has 1 aliphatic rings. The van der Waals surface area contributed by atoms with Crippen molar-refractivity contribution in [3.05, 3.63) is 24.3 Å². The first-order valence-electron chi connectivity index (χ1n) is 4.89. The van der Waals surface area contributed by atoms with Crippen LogP contribution in [0.1, 0.15) is 27.7 Å². The third kappa shape index (κ3) is 1.74. The van der Waals surface area contributed by atoms with E-state index in [1.54, 1.807) is 0 Å². The third-order valence-electron chi connectivity index (χ3n) is 2.95. The lowest BCUT2D eigenvalue weighted by Crippen LogP contribution is -2.35. The molecule has 0 bridgehead atoms. The molecular formula is C12H18O. The maximum atomic E-state index is 11.9. The Balaban J connectivity index is 2.93. The van der Waals surface area contributed by atoms with E-state index < -0.39 is 0 Å². The van der Waals surface area contributed by atoms with Crippen LogP contribution in [0.3, 0.4) is 0 Å². The quantitative estimate of drug-likeness (QED) is 0.635. The second-order valence-electron chi connectivity index (χ2n) is 4.33. The molecule has 0 aliphatic heterocycles. The van der Waals surface area contributed by atoms with Crippen LogP contribution in [0, 0.1) is 17.3 Å². The van der Waals surface area contributed by atoms with Crippen molar-refractivity contribution in [1.82, 2.24) is 0 Å². The summed E-state index contributed by atoms with van der Waals surface area (Å²) in [5, 5.41) is 0. The van der Waals surface area contributed by atoms with Crippen LogP contribution in [-0.2, 0) is 4.79 Å². The normalized spacial score (nSPS) is 32.5. The highest BCUT2D eigenvalue weighted by Crippen LogP contribution is 2.35. The second kappa shape index (κ2) is 3.49. The topological polar surface area (TPSA) is 17.1 Å². The second-order valence-corrected chi connectivity index (χ2v) is 4.33. The highest BCUT2D eigenvalue weighted by molar-refractivity contribution is 5.88. The molecule has 13 heavy (non-hydrogen) atoms. The average molecular weight is 178 g/mol. The summed E-state index contributed by atoms with van der Waals surface area (Å²) in [6.45, 7) is 8.05. The first-order chi connectivity index (χ1) is 5.98. The number of carbonyl (C=O) groups excluding carboxylic acids is 1. The minimum atomic E-state index is -0.289. The molecule has 1 heteroatoms. The smallest absolute Gasteiger partial charge is 0.145 e. The summed E-state index contributed by atoms with van der Waals surface area (Å²) in [5.74, 6) is 0.761. The van der Waals surface area contributed by atoms with E-state index in [2.05, 4.69) is 13.0 Å². The lowest BCUT2D eigenvalue weighted by atomic mass is 9.69. The van der Waals surface area contributed by atoms with Gasteiger partial charge in [-0.1, -0.05) is 45.1 Å². The van der Waals surface area contributed by atoms with Gasteiger partial charge in [-0.3, -0.25) is 4.79 Å². The van der Waals surface area contributed by atoms with Gasteiger partial charge in [-0.15, -0.1) is 0 Å². The van der Waals surface area contributed by atoms with Gasteiger partial charge in [0.05, 0.1) is 5.41 Å². The Morgan fingerprint density at radius 1 is 1.38 bits per heavy atom. The van der Waals surface area contributed by atoms with Crippen LogP contribution in [0.15, 0.2) is 24.3 Å². The molecule has 0 radical (unpaired) electrons. The van der Waals surface area contributed by atoms with Crippen molar-refractivity contribution < 1.29 is 4.79 Å². The number of Topliss-reactive ketones (excluding diaryl/α,β-unsaturated/α-hetero) is 1. The predicted octanol–water partition coefficient (Wildman–Crippen LogP) is 2.98. The standard InChI is InChI=1S/C12H18O/c1-9(2)11(13)12(4)8-6-5-7-10(12)3/h5-10H,1-4H3. The number of carbonyl (C=O) groups is 1. The van der Waals surface area contributed by atoms with Crippen LogP contribution in [0.25, 0.3) is 0 Å². The average Bonchev–Trinajstić information content (AvgIpc) is 2.09. The van der Waals surface area contributed by atoms with Gasteiger partial charge in [0.2, 0.25) is 0 Å². The monoisotopic (exact) mass is 178 g/mol. The van der Waals surface area contributed by atoms with Crippen LogP contribution < -0.4 is 0 Å². The van der Waals surface area contributed by atoms with Crippen LogP contribution in [0.2, 0.25) is 0 Å². The SMILES string of the molecule is CC(C)C(=O)C1(C)C=CC=CC1C. The molecule has 1 rings (SSSR count). The Labute approximate surface area is 80.5 Å². The molecule has 1 aliphatic carbocycles. The van der Waals surface area contributed by atoms with Gasteiger partial charge in [-0.25, -0.2) is 0 Å². The molecule has 0 aromatic rings. The fourth-order valence-electron chi connectivity index (χ4n) is 1.77. The van der Waals surface area contributed by atoms with E-state index in [1.807, 2.05) is 39.0 Å². The van der Waals surface area contributed by atoms with Crippen molar-refractivity contribution in [1.29, 1.82) is 0 Å². The molecule has 0 aromatic heterocycles. The Morgan fingerprint density at radius 2 is 2.00 bits per heavy atom. The van der Waals surface area contributed by atoms with Crippen LogP contribution >= 0.6 is 0 Å². The van der Waals surface area contributed by atoms with E-state index in [4.69, 9.17) is 0 Å². The molecule has 0 saturated heterocycles. The molecule has 0 heterocycles. The summed E-state index contributed by atoms with van der Waals surface area (Å²) >= 11 is 0. The number of hydrogen-bond acceptors (Lipinski definition) is 1. The van der Waals surface area contributed by atoms with Crippen molar-refractivity contribution in [3.8, 4) is 0 Å². The zero-order valence-electron chi connectivity index (χ0n) is 8.87. The van der Waals surface area contributed by atoms with Crippen molar-refractivity contribution >= 4 is 5.78 Å². The van der Waals surface area contributed by atoms with Crippen LogP contribution in [0.5, 0.6) is 0 Å². The van der Waals surface area contributed by atoms with Crippen molar-refractivity contribution in [2.45, 2.75) is 27.7 Å². The highest BCUT2D eigenvalue weighted by atomic mass is 16.1. The lowest BCUT2D eigenvalue weighted by molar-refractivity contribution is -0.130. The minimum Gasteiger partial charge on any atom is -0.298 e. The molecule has 2 atom stereocenters. The van der Waals surface area contributed by atoms with E-state index in [9.17, 15) is 4.79 Å². The fourth-order valence-corrected chi connectivity index (χ4v) is 1.77. The summed E-state index contributed by atoms with van der Waals surface area (Å²) < 4.78 is 0. The Bertz CT molecular complexity index is 260. The summed E-state index contributed by atoms with van der Waals surface area (Å²) in [6.07, 6.45) is 8.11. The lowest BCUT2D eigenvalue weighted by Gasteiger charge is -2.32. The largest absolute Gasteiger partial charge is 0.298 e. The van der Waals surface area contributed by atoms with Gasteiger partial charge >= 0.3 is 0 Å².